The van der Waals surface area contributed by atoms with E-state index < -0.39 is 0 Å². The number of hydrogen-bond acceptors (Lipinski definition) is 3. The first-order valence-electron chi connectivity index (χ1n) is 8.29. The Morgan fingerprint density at radius 1 is 1.08 bits per heavy atom. The summed E-state index contributed by atoms with van der Waals surface area (Å²) in [5.41, 5.74) is 10.6. The summed E-state index contributed by atoms with van der Waals surface area (Å²) in [6.45, 7) is 3.09. The molecule has 3 rings (SSSR count). The molecule has 25 heavy (non-hydrogen) atoms. The van der Waals surface area contributed by atoms with Gasteiger partial charge in [-0.15, -0.1) is 0 Å². The van der Waals surface area contributed by atoms with Gasteiger partial charge in [-0.2, -0.15) is 5.26 Å². The predicted octanol–water partition coefficient (Wildman–Crippen LogP) is 3.92. The lowest BCUT2D eigenvalue weighted by atomic mass is 10.1. The zero-order valence-corrected chi connectivity index (χ0v) is 14.3. The smallest absolute Gasteiger partial charge is 0.122 e. The van der Waals surface area contributed by atoms with Crippen LogP contribution in [0.3, 0.4) is 0 Å². The molecular weight excluding hydrogens is 310 g/mol. The monoisotopic (exact) mass is 331 g/mol. The number of nitrogens with two attached hydrogens (primary N) is 1. The minimum absolute atomic E-state index is 0.480. The second-order valence-electron chi connectivity index (χ2n) is 6.02. The van der Waals surface area contributed by atoms with Crippen molar-refractivity contribution in [3.05, 3.63) is 83.2 Å². The topological polar surface area (TPSA) is 64.0 Å². The van der Waals surface area contributed by atoms with Crippen molar-refractivity contribution in [2.45, 2.75) is 19.9 Å². The van der Waals surface area contributed by atoms with Crippen molar-refractivity contribution in [2.24, 2.45) is 0 Å². The number of nitrogen functional groups attached to an aromatic ring is 1. The van der Waals surface area contributed by atoms with E-state index in [4.69, 9.17) is 10.5 Å². The quantitative estimate of drug-likeness (QED) is 0.744. The summed E-state index contributed by atoms with van der Waals surface area (Å²) in [5.74, 6) is 0.836. The fraction of sp³-hybridized carbons (Fsp3) is 0.190. The highest BCUT2D eigenvalue weighted by molar-refractivity contribution is 5.52. The molecule has 0 saturated carbocycles. The first kappa shape index (κ1) is 16.7. The number of ether oxygens (including phenoxy) is 1. The molecule has 0 unspecified atom stereocenters. The van der Waals surface area contributed by atoms with Crippen molar-refractivity contribution in [2.75, 3.05) is 12.3 Å². The maximum Gasteiger partial charge on any atom is 0.122 e. The number of hydrogen-bond donors (Lipinski definition) is 1. The van der Waals surface area contributed by atoms with E-state index in [1.54, 1.807) is 6.07 Å². The highest BCUT2D eigenvalue weighted by atomic mass is 16.5. The highest BCUT2D eigenvalue weighted by Crippen LogP contribution is 2.22. The predicted molar refractivity (Wildman–Crippen MR) is 99.5 cm³/mol. The van der Waals surface area contributed by atoms with Crippen LogP contribution in [0.2, 0.25) is 0 Å². The average Bonchev–Trinajstić information content (AvgIpc) is 2.91. The third kappa shape index (κ3) is 4.02. The standard InChI is InChI=1S/C21H21N3O/c1-16-6-5-9-19(12-16)25-11-10-24-18(15-22)14-20(23)21(24)13-17-7-3-2-4-8-17/h2-9,12,14H,10-11,13,23H2,1H3. The SMILES string of the molecule is Cc1cccc(OCCn2c(C#N)cc(N)c2Cc2ccccc2)c1. The normalized spacial score (nSPS) is 10.4. The van der Waals surface area contributed by atoms with Crippen LogP contribution >= 0.6 is 0 Å². The fourth-order valence-electron chi connectivity index (χ4n) is 2.90. The molecule has 0 spiro atoms. The molecule has 3 aromatic rings. The van der Waals surface area contributed by atoms with Gasteiger partial charge in [-0.1, -0.05) is 42.5 Å². The van der Waals surface area contributed by atoms with E-state index in [1.165, 1.54) is 0 Å². The molecule has 0 fully saturated rings. The molecule has 0 aliphatic heterocycles. The largest absolute Gasteiger partial charge is 0.492 e. The van der Waals surface area contributed by atoms with Crippen LogP contribution in [0, 0.1) is 18.3 Å². The van der Waals surface area contributed by atoms with Crippen LogP contribution in [0.5, 0.6) is 5.75 Å². The van der Waals surface area contributed by atoms with E-state index in [2.05, 4.69) is 18.2 Å². The van der Waals surface area contributed by atoms with E-state index in [-0.39, 0.29) is 0 Å². The summed E-state index contributed by atoms with van der Waals surface area (Å²) in [6, 6.07) is 22.0. The molecule has 126 valence electrons. The van der Waals surface area contributed by atoms with Crippen molar-refractivity contribution < 1.29 is 4.74 Å². The molecule has 0 aliphatic rings. The van der Waals surface area contributed by atoms with Crippen LogP contribution in [-0.4, -0.2) is 11.2 Å². The number of rotatable bonds is 6. The third-order valence-corrected chi connectivity index (χ3v) is 4.14. The van der Waals surface area contributed by atoms with Crippen LogP contribution in [0.25, 0.3) is 0 Å². The average molecular weight is 331 g/mol. The lowest BCUT2D eigenvalue weighted by Gasteiger charge is -2.13. The van der Waals surface area contributed by atoms with Crippen molar-refractivity contribution in [3.63, 3.8) is 0 Å². The lowest BCUT2D eigenvalue weighted by Crippen LogP contribution is -2.13. The van der Waals surface area contributed by atoms with Crippen molar-refractivity contribution in [1.82, 2.24) is 4.57 Å². The minimum atomic E-state index is 0.480. The van der Waals surface area contributed by atoms with E-state index in [9.17, 15) is 5.26 Å². The van der Waals surface area contributed by atoms with E-state index in [0.29, 0.717) is 31.0 Å². The van der Waals surface area contributed by atoms with Gasteiger partial charge < -0.3 is 15.0 Å². The molecular formula is C21H21N3O. The molecule has 0 saturated heterocycles. The number of benzene rings is 2. The maximum absolute atomic E-state index is 9.41. The van der Waals surface area contributed by atoms with Gasteiger partial charge >= 0.3 is 0 Å². The number of anilines is 1. The molecule has 4 heteroatoms. The Hall–Kier alpha value is -3.19. The van der Waals surface area contributed by atoms with Gasteiger partial charge in [-0.3, -0.25) is 0 Å². The van der Waals surface area contributed by atoms with Crippen molar-refractivity contribution in [1.29, 1.82) is 5.26 Å². The Balaban J connectivity index is 1.76. The molecule has 0 amide bonds. The number of aryl methyl sites for hydroxylation is 1. The molecule has 2 N–H and O–H groups in total. The lowest BCUT2D eigenvalue weighted by molar-refractivity contribution is 0.296. The molecule has 1 aromatic heterocycles. The summed E-state index contributed by atoms with van der Waals surface area (Å²) in [4.78, 5) is 0. The van der Waals surface area contributed by atoms with Crippen LogP contribution < -0.4 is 10.5 Å². The Bertz CT molecular complexity index is 891. The van der Waals surface area contributed by atoms with Gasteiger partial charge in [0.05, 0.1) is 12.2 Å². The van der Waals surface area contributed by atoms with Gasteiger partial charge in [0.1, 0.15) is 24.1 Å². The summed E-state index contributed by atoms with van der Waals surface area (Å²) in [7, 11) is 0. The molecule has 0 aliphatic carbocycles. The summed E-state index contributed by atoms with van der Waals surface area (Å²) < 4.78 is 7.79. The maximum atomic E-state index is 9.41. The van der Waals surface area contributed by atoms with Crippen LogP contribution in [-0.2, 0) is 13.0 Å². The Morgan fingerprint density at radius 3 is 2.60 bits per heavy atom. The van der Waals surface area contributed by atoms with Crippen LogP contribution in [0.4, 0.5) is 5.69 Å². The van der Waals surface area contributed by atoms with Gasteiger partial charge in [-0.25, -0.2) is 0 Å². The van der Waals surface area contributed by atoms with Gasteiger partial charge in [0.25, 0.3) is 0 Å². The van der Waals surface area contributed by atoms with Gasteiger partial charge in [0.15, 0.2) is 0 Å². The Labute approximate surface area is 148 Å². The van der Waals surface area contributed by atoms with Gasteiger partial charge in [0, 0.05) is 12.1 Å². The molecule has 0 bridgehead atoms. The Kier molecular flexibility index (Phi) is 5.06. The Morgan fingerprint density at radius 2 is 1.88 bits per heavy atom. The van der Waals surface area contributed by atoms with Gasteiger partial charge in [-0.05, 0) is 36.2 Å². The molecule has 0 atom stereocenters. The van der Waals surface area contributed by atoms with Crippen molar-refractivity contribution >= 4 is 5.69 Å². The molecule has 0 radical (unpaired) electrons. The van der Waals surface area contributed by atoms with E-state index in [1.807, 2.05) is 54.0 Å². The first-order chi connectivity index (χ1) is 12.2. The number of aromatic nitrogens is 1. The van der Waals surface area contributed by atoms with Crippen molar-refractivity contribution in [3.8, 4) is 11.8 Å². The third-order valence-electron chi connectivity index (χ3n) is 4.14. The number of nitrogens with zero attached hydrogens (tertiary/aromatic N) is 2. The molecule has 1 heterocycles. The highest BCUT2D eigenvalue weighted by Gasteiger charge is 2.13. The fourth-order valence-corrected chi connectivity index (χ4v) is 2.90. The molecule has 2 aromatic carbocycles. The zero-order chi connectivity index (χ0) is 17.6. The second kappa shape index (κ2) is 7.59. The first-order valence-corrected chi connectivity index (χ1v) is 8.29. The van der Waals surface area contributed by atoms with E-state index >= 15 is 0 Å². The van der Waals surface area contributed by atoms with Crippen LogP contribution in [0.15, 0.2) is 60.7 Å². The molecule has 4 nitrogen and oxygen atoms in total. The van der Waals surface area contributed by atoms with Crippen LogP contribution in [0.1, 0.15) is 22.5 Å². The summed E-state index contributed by atoms with van der Waals surface area (Å²) >= 11 is 0. The number of nitriles is 1. The second-order valence-corrected chi connectivity index (χ2v) is 6.02. The van der Waals surface area contributed by atoms with E-state index in [0.717, 1.165) is 22.6 Å². The van der Waals surface area contributed by atoms with Gasteiger partial charge in [0.2, 0.25) is 0 Å². The summed E-state index contributed by atoms with van der Waals surface area (Å²) in [6.07, 6.45) is 0.693. The summed E-state index contributed by atoms with van der Waals surface area (Å²) in [5, 5.41) is 9.41. The minimum Gasteiger partial charge on any atom is -0.492 e. The zero-order valence-electron chi connectivity index (χ0n) is 14.3.